The molecule has 0 aromatic heterocycles. The maximum atomic E-state index is 9.63. The van der Waals surface area contributed by atoms with Crippen molar-refractivity contribution in [1.82, 2.24) is 4.90 Å². The molecule has 2 saturated heterocycles. The second-order valence-corrected chi connectivity index (χ2v) is 4.09. The number of fused-ring (bicyclic) bond motifs is 1. The predicted octanol–water partition coefficient (Wildman–Crippen LogP) is -1.06. The van der Waals surface area contributed by atoms with Crippen molar-refractivity contribution < 1.29 is 15.3 Å². The van der Waals surface area contributed by atoms with Crippen LogP contribution in [0.1, 0.15) is 19.3 Å². The summed E-state index contributed by atoms with van der Waals surface area (Å²) in [7, 11) is 0. The standard InChI is InChI=1S/C9H17NO3/c11-5-6-2-1-3-7-9(13)8(12)4-10(6)7/h6-9,11-13H,1-5H2. The monoisotopic (exact) mass is 187 g/mol. The molecule has 0 spiro atoms. The van der Waals surface area contributed by atoms with E-state index < -0.39 is 12.2 Å². The highest BCUT2D eigenvalue weighted by Gasteiger charge is 2.44. The first-order valence-electron chi connectivity index (χ1n) is 4.96. The van der Waals surface area contributed by atoms with E-state index >= 15 is 0 Å². The maximum absolute atomic E-state index is 9.63. The molecule has 0 radical (unpaired) electrons. The van der Waals surface area contributed by atoms with Crippen molar-refractivity contribution in [2.24, 2.45) is 0 Å². The Labute approximate surface area is 77.8 Å². The summed E-state index contributed by atoms with van der Waals surface area (Å²) < 4.78 is 0. The van der Waals surface area contributed by atoms with Crippen LogP contribution in [-0.2, 0) is 0 Å². The summed E-state index contributed by atoms with van der Waals surface area (Å²) in [6, 6.07) is 0.214. The van der Waals surface area contributed by atoms with Crippen LogP contribution in [0, 0.1) is 0 Å². The van der Waals surface area contributed by atoms with E-state index in [9.17, 15) is 10.2 Å². The molecule has 4 atom stereocenters. The van der Waals surface area contributed by atoms with Gasteiger partial charge in [0.1, 0.15) is 0 Å². The van der Waals surface area contributed by atoms with Crippen LogP contribution in [0.3, 0.4) is 0 Å². The molecule has 13 heavy (non-hydrogen) atoms. The molecule has 0 aliphatic carbocycles. The summed E-state index contributed by atoms with van der Waals surface area (Å²) in [5.74, 6) is 0. The Morgan fingerprint density at radius 1 is 1.23 bits per heavy atom. The van der Waals surface area contributed by atoms with E-state index in [1.165, 1.54) is 0 Å². The third kappa shape index (κ3) is 1.48. The molecule has 4 unspecified atom stereocenters. The molecule has 2 aliphatic heterocycles. The maximum Gasteiger partial charge on any atom is 0.0966 e. The molecule has 3 N–H and O–H groups in total. The van der Waals surface area contributed by atoms with Crippen molar-refractivity contribution >= 4 is 0 Å². The van der Waals surface area contributed by atoms with Gasteiger partial charge in [-0.1, -0.05) is 6.42 Å². The van der Waals surface area contributed by atoms with Crippen LogP contribution in [-0.4, -0.2) is 57.7 Å². The van der Waals surface area contributed by atoms with Gasteiger partial charge in [-0.05, 0) is 12.8 Å². The fraction of sp³-hybridized carbons (Fsp3) is 1.00. The molecule has 2 heterocycles. The van der Waals surface area contributed by atoms with Gasteiger partial charge in [0.2, 0.25) is 0 Å². The first-order valence-corrected chi connectivity index (χ1v) is 4.96. The highest BCUT2D eigenvalue weighted by molar-refractivity contribution is 4.98. The highest BCUT2D eigenvalue weighted by atomic mass is 16.3. The van der Waals surface area contributed by atoms with Gasteiger partial charge in [-0.25, -0.2) is 0 Å². The zero-order valence-corrected chi connectivity index (χ0v) is 7.63. The molecule has 0 bridgehead atoms. The molecule has 0 aromatic rings. The Kier molecular flexibility index (Phi) is 2.55. The zero-order valence-electron chi connectivity index (χ0n) is 7.63. The van der Waals surface area contributed by atoms with Crippen molar-refractivity contribution in [1.29, 1.82) is 0 Å². The van der Waals surface area contributed by atoms with E-state index in [0.29, 0.717) is 6.54 Å². The lowest BCUT2D eigenvalue weighted by Gasteiger charge is -2.37. The second-order valence-electron chi connectivity index (χ2n) is 4.09. The van der Waals surface area contributed by atoms with Crippen LogP contribution in [0.2, 0.25) is 0 Å². The van der Waals surface area contributed by atoms with Gasteiger partial charge in [0.05, 0.1) is 18.8 Å². The number of hydrogen-bond donors (Lipinski definition) is 3. The van der Waals surface area contributed by atoms with Crippen molar-refractivity contribution in [3.05, 3.63) is 0 Å². The van der Waals surface area contributed by atoms with E-state index in [1.54, 1.807) is 0 Å². The first kappa shape index (κ1) is 9.40. The van der Waals surface area contributed by atoms with E-state index in [1.807, 2.05) is 0 Å². The van der Waals surface area contributed by atoms with Gasteiger partial charge in [0, 0.05) is 18.6 Å². The number of aliphatic hydroxyl groups is 3. The number of aliphatic hydroxyl groups excluding tert-OH is 3. The Hall–Kier alpha value is -0.160. The fourth-order valence-electron chi connectivity index (χ4n) is 2.59. The molecule has 76 valence electrons. The molecule has 2 rings (SSSR count). The quantitative estimate of drug-likeness (QED) is 0.489. The van der Waals surface area contributed by atoms with Gasteiger partial charge in [0.25, 0.3) is 0 Å². The molecule has 0 saturated carbocycles. The smallest absolute Gasteiger partial charge is 0.0966 e. The SMILES string of the molecule is OCC1CCCC2C(O)C(O)CN12. The van der Waals surface area contributed by atoms with Gasteiger partial charge in [-0.3, -0.25) is 4.90 Å². The number of hydrogen-bond acceptors (Lipinski definition) is 4. The van der Waals surface area contributed by atoms with Crippen LogP contribution in [0.4, 0.5) is 0 Å². The summed E-state index contributed by atoms with van der Waals surface area (Å²) in [6.45, 7) is 0.646. The minimum atomic E-state index is -0.628. The van der Waals surface area contributed by atoms with E-state index in [4.69, 9.17) is 5.11 Å². The lowest BCUT2D eigenvalue weighted by molar-refractivity contribution is 0.0167. The number of piperidine rings is 1. The largest absolute Gasteiger partial charge is 0.395 e. The Morgan fingerprint density at radius 3 is 2.69 bits per heavy atom. The number of nitrogens with zero attached hydrogens (tertiary/aromatic N) is 1. The summed E-state index contributed by atoms with van der Waals surface area (Å²) in [5, 5.41) is 28.2. The van der Waals surface area contributed by atoms with Gasteiger partial charge in [0.15, 0.2) is 0 Å². The number of rotatable bonds is 1. The van der Waals surface area contributed by atoms with Crippen molar-refractivity contribution in [3.8, 4) is 0 Å². The zero-order chi connectivity index (χ0) is 9.42. The molecular weight excluding hydrogens is 170 g/mol. The lowest BCUT2D eigenvalue weighted by atomic mass is 9.95. The van der Waals surface area contributed by atoms with Crippen molar-refractivity contribution in [2.45, 2.75) is 43.6 Å². The summed E-state index contributed by atoms with van der Waals surface area (Å²) in [4.78, 5) is 2.05. The molecule has 0 amide bonds. The summed E-state index contributed by atoms with van der Waals surface area (Å²) in [6.07, 6.45) is 1.71. The average Bonchev–Trinajstić information content (AvgIpc) is 2.43. The molecule has 2 aliphatic rings. The summed E-state index contributed by atoms with van der Waals surface area (Å²) >= 11 is 0. The minimum Gasteiger partial charge on any atom is -0.395 e. The molecular formula is C9H17NO3. The Morgan fingerprint density at radius 2 is 2.00 bits per heavy atom. The minimum absolute atomic E-state index is 0.0703. The molecule has 0 aromatic carbocycles. The highest BCUT2D eigenvalue weighted by Crippen LogP contribution is 2.31. The molecule has 4 nitrogen and oxygen atoms in total. The molecule has 2 fully saturated rings. The van der Waals surface area contributed by atoms with Crippen LogP contribution < -0.4 is 0 Å². The van der Waals surface area contributed by atoms with Gasteiger partial charge < -0.3 is 15.3 Å². The van der Waals surface area contributed by atoms with Crippen LogP contribution in [0.25, 0.3) is 0 Å². The lowest BCUT2D eigenvalue weighted by Crippen LogP contribution is -2.47. The Bertz CT molecular complexity index is 188. The van der Waals surface area contributed by atoms with E-state index in [-0.39, 0.29) is 18.7 Å². The third-order valence-electron chi connectivity index (χ3n) is 3.33. The van der Waals surface area contributed by atoms with Gasteiger partial charge in [-0.15, -0.1) is 0 Å². The summed E-state index contributed by atoms with van der Waals surface area (Å²) in [5.41, 5.74) is 0. The Balaban J connectivity index is 2.09. The van der Waals surface area contributed by atoms with Crippen LogP contribution >= 0.6 is 0 Å². The van der Waals surface area contributed by atoms with Gasteiger partial charge >= 0.3 is 0 Å². The first-order chi connectivity index (χ1) is 6.24. The predicted molar refractivity (Wildman–Crippen MR) is 47.2 cm³/mol. The van der Waals surface area contributed by atoms with E-state index in [2.05, 4.69) is 4.90 Å². The van der Waals surface area contributed by atoms with E-state index in [0.717, 1.165) is 19.3 Å². The van der Waals surface area contributed by atoms with Crippen molar-refractivity contribution in [2.75, 3.05) is 13.2 Å². The topological polar surface area (TPSA) is 63.9 Å². The third-order valence-corrected chi connectivity index (χ3v) is 3.33. The van der Waals surface area contributed by atoms with Crippen LogP contribution in [0.15, 0.2) is 0 Å². The van der Waals surface area contributed by atoms with Crippen molar-refractivity contribution in [3.63, 3.8) is 0 Å². The van der Waals surface area contributed by atoms with Gasteiger partial charge in [-0.2, -0.15) is 0 Å². The average molecular weight is 187 g/mol. The fourth-order valence-corrected chi connectivity index (χ4v) is 2.59. The van der Waals surface area contributed by atoms with Crippen LogP contribution in [0.5, 0.6) is 0 Å². The normalized spacial score (nSPS) is 46.4. The molecule has 4 heteroatoms. The second kappa shape index (κ2) is 3.53.